The fourth-order valence-corrected chi connectivity index (χ4v) is 2.45. The lowest BCUT2D eigenvalue weighted by molar-refractivity contribution is 0.131. The molecule has 2 atom stereocenters. The number of nitrogens with one attached hydrogen (secondary N) is 1. The highest BCUT2D eigenvalue weighted by atomic mass is 19.1. The van der Waals surface area contributed by atoms with E-state index in [1.165, 1.54) is 6.07 Å². The fraction of sp³-hybridized carbons (Fsp3) is 0.500. The van der Waals surface area contributed by atoms with Gasteiger partial charge in [-0.15, -0.1) is 0 Å². The van der Waals surface area contributed by atoms with Crippen molar-refractivity contribution < 1.29 is 9.50 Å². The Morgan fingerprint density at radius 2 is 2.28 bits per heavy atom. The SMILES string of the molecule is N#Cc1cccc(CNCC2CCCC2O)c1F. The predicted octanol–water partition coefficient (Wildman–Crippen LogP) is 1.95. The monoisotopic (exact) mass is 248 g/mol. The number of halogens is 1. The van der Waals surface area contributed by atoms with Crippen molar-refractivity contribution in [3.8, 4) is 6.07 Å². The van der Waals surface area contributed by atoms with E-state index in [-0.39, 0.29) is 17.6 Å². The maximum Gasteiger partial charge on any atom is 0.145 e. The molecule has 0 amide bonds. The topological polar surface area (TPSA) is 56.0 Å². The van der Waals surface area contributed by atoms with Gasteiger partial charge in [0.05, 0.1) is 11.7 Å². The summed E-state index contributed by atoms with van der Waals surface area (Å²) < 4.78 is 13.7. The minimum atomic E-state index is -0.445. The van der Waals surface area contributed by atoms with Crippen LogP contribution in [0.15, 0.2) is 18.2 Å². The van der Waals surface area contributed by atoms with E-state index < -0.39 is 5.82 Å². The highest BCUT2D eigenvalue weighted by Crippen LogP contribution is 2.24. The highest BCUT2D eigenvalue weighted by Gasteiger charge is 2.24. The van der Waals surface area contributed by atoms with Crippen molar-refractivity contribution in [3.63, 3.8) is 0 Å². The molecule has 1 aromatic carbocycles. The quantitative estimate of drug-likeness (QED) is 0.856. The van der Waals surface area contributed by atoms with E-state index in [4.69, 9.17) is 5.26 Å². The van der Waals surface area contributed by atoms with Gasteiger partial charge in [0.25, 0.3) is 0 Å². The summed E-state index contributed by atoms with van der Waals surface area (Å²) in [5, 5.41) is 21.6. The molecule has 0 radical (unpaired) electrons. The summed E-state index contributed by atoms with van der Waals surface area (Å²) in [6.45, 7) is 1.09. The van der Waals surface area contributed by atoms with E-state index in [0.29, 0.717) is 18.7 Å². The number of hydrogen-bond acceptors (Lipinski definition) is 3. The summed E-state index contributed by atoms with van der Waals surface area (Å²) in [5.41, 5.74) is 0.580. The van der Waals surface area contributed by atoms with Crippen molar-refractivity contribution in [1.29, 1.82) is 5.26 Å². The van der Waals surface area contributed by atoms with Crippen LogP contribution in [0.5, 0.6) is 0 Å². The Balaban J connectivity index is 1.89. The first kappa shape index (κ1) is 13.0. The fourth-order valence-electron chi connectivity index (χ4n) is 2.45. The van der Waals surface area contributed by atoms with E-state index in [2.05, 4.69) is 5.32 Å². The van der Waals surface area contributed by atoms with Crippen LogP contribution in [0.1, 0.15) is 30.4 Å². The molecule has 1 aromatic rings. The lowest BCUT2D eigenvalue weighted by atomic mass is 10.1. The maximum absolute atomic E-state index is 13.7. The minimum absolute atomic E-state index is 0.0789. The van der Waals surface area contributed by atoms with Gasteiger partial charge in [0, 0.05) is 18.7 Å². The van der Waals surface area contributed by atoms with Crippen LogP contribution in [-0.4, -0.2) is 17.8 Å². The molecule has 0 bridgehead atoms. The molecule has 96 valence electrons. The van der Waals surface area contributed by atoms with Crippen LogP contribution in [0.2, 0.25) is 0 Å². The van der Waals surface area contributed by atoms with Gasteiger partial charge >= 0.3 is 0 Å². The van der Waals surface area contributed by atoms with E-state index in [1.54, 1.807) is 12.1 Å². The smallest absolute Gasteiger partial charge is 0.145 e. The molecule has 1 fully saturated rings. The van der Waals surface area contributed by atoms with Gasteiger partial charge < -0.3 is 10.4 Å². The number of nitrogens with zero attached hydrogens (tertiary/aromatic N) is 1. The van der Waals surface area contributed by atoms with Crippen LogP contribution in [0.4, 0.5) is 4.39 Å². The Bertz CT molecular complexity index is 456. The summed E-state index contributed by atoms with van der Waals surface area (Å²) in [7, 11) is 0. The summed E-state index contributed by atoms with van der Waals surface area (Å²) >= 11 is 0. The summed E-state index contributed by atoms with van der Waals surface area (Å²) in [6, 6.07) is 6.66. The van der Waals surface area contributed by atoms with E-state index in [0.717, 1.165) is 19.3 Å². The Morgan fingerprint density at radius 1 is 1.44 bits per heavy atom. The molecular weight excluding hydrogens is 231 g/mol. The first-order valence-corrected chi connectivity index (χ1v) is 6.28. The molecule has 0 aliphatic heterocycles. The Kier molecular flexibility index (Phi) is 4.29. The largest absolute Gasteiger partial charge is 0.393 e. The summed E-state index contributed by atoms with van der Waals surface area (Å²) in [5.74, 6) is -0.174. The zero-order valence-corrected chi connectivity index (χ0v) is 10.2. The molecule has 0 heterocycles. The third-order valence-corrected chi connectivity index (χ3v) is 3.54. The Labute approximate surface area is 106 Å². The van der Waals surface area contributed by atoms with Crippen molar-refractivity contribution in [3.05, 3.63) is 35.1 Å². The van der Waals surface area contributed by atoms with Crippen LogP contribution in [-0.2, 0) is 6.54 Å². The average Bonchev–Trinajstić information content (AvgIpc) is 2.77. The molecule has 3 nitrogen and oxygen atoms in total. The van der Waals surface area contributed by atoms with Crippen molar-refractivity contribution in [2.24, 2.45) is 5.92 Å². The molecule has 0 aromatic heterocycles. The molecule has 2 N–H and O–H groups in total. The number of benzene rings is 1. The minimum Gasteiger partial charge on any atom is -0.393 e. The summed E-state index contributed by atoms with van der Waals surface area (Å²) in [4.78, 5) is 0. The van der Waals surface area contributed by atoms with Gasteiger partial charge in [-0.2, -0.15) is 5.26 Å². The van der Waals surface area contributed by atoms with Crippen molar-refractivity contribution >= 4 is 0 Å². The van der Waals surface area contributed by atoms with E-state index in [9.17, 15) is 9.50 Å². The Hall–Kier alpha value is -1.44. The zero-order valence-electron chi connectivity index (χ0n) is 10.2. The second-order valence-electron chi connectivity index (χ2n) is 4.78. The average molecular weight is 248 g/mol. The van der Waals surface area contributed by atoms with E-state index >= 15 is 0 Å². The first-order chi connectivity index (χ1) is 8.72. The van der Waals surface area contributed by atoms with Gasteiger partial charge in [-0.3, -0.25) is 0 Å². The Morgan fingerprint density at radius 3 is 2.94 bits per heavy atom. The normalized spacial score (nSPS) is 22.9. The number of aliphatic hydroxyl groups excluding tert-OH is 1. The van der Waals surface area contributed by atoms with Crippen LogP contribution in [0.25, 0.3) is 0 Å². The van der Waals surface area contributed by atoms with Gasteiger partial charge in [-0.05, 0) is 24.8 Å². The lowest BCUT2D eigenvalue weighted by Gasteiger charge is -2.15. The maximum atomic E-state index is 13.7. The number of rotatable bonds is 4. The predicted molar refractivity (Wildman–Crippen MR) is 66.2 cm³/mol. The molecular formula is C14H17FN2O. The lowest BCUT2D eigenvalue weighted by Crippen LogP contribution is -2.27. The van der Waals surface area contributed by atoms with Crippen LogP contribution >= 0.6 is 0 Å². The first-order valence-electron chi connectivity index (χ1n) is 6.28. The van der Waals surface area contributed by atoms with Gasteiger partial charge in [0.15, 0.2) is 0 Å². The van der Waals surface area contributed by atoms with Gasteiger partial charge in [0.1, 0.15) is 11.9 Å². The third-order valence-electron chi connectivity index (χ3n) is 3.54. The molecule has 4 heteroatoms. The third kappa shape index (κ3) is 2.87. The van der Waals surface area contributed by atoms with Crippen molar-refractivity contribution in [1.82, 2.24) is 5.32 Å². The van der Waals surface area contributed by atoms with Gasteiger partial charge in [0.2, 0.25) is 0 Å². The second-order valence-corrected chi connectivity index (χ2v) is 4.78. The number of aliphatic hydroxyl groups is 1. The molecule has 1 aliphatic rings. The molecule has 0 spiro atoms. The molecule has 18 heavy (non-hydrogen) atoms. The van der Waals surface area contributed by atoms with Crippen molar-refractivity contribution in [2.45, 2.75) is 31.9 Å². The molecule has 1 saturated carbocycles. The molecule has 2 unspecified atom stereocenters. The standard InChI is InChI=1S/C14H17FN2O/c15-14-10(7-16)3-1-5-12(14)9-17-8-11-4-2-6-13(11)18/h1,3,5,11,13,17-18H,2,4,6,8-9H2. The van der Waals surface area contributed by atoms with Crippen LogP contribution in [0.3, 0.4) is 0 Å². The molecule has 1 aliphatic carbocycles. The van der Waals surface area contributed by atoms with E-state index in [1.807, 2.05) is 6.07 Å². The zero-order chi connectivity index (χ0) is 13.0. The number of nitriles is 1. The highest BCUT2D eigenvalue weighted by molar-refractivity contribution is 5.34. The molecule has 0 saturated heterocycles. The number of hydrogen-bond donors (Lipinski definition) is 2. The van der Waals surface area contributed by atoms with Gasteiger partial charge in [-0.1, -0.05) is 18.6 Å². The molecule has 2 rings (SSSR count). The van der Waals surface area contributed by atoms with Gasteiger partial charge in [-0.25, -0.2) is 4.39 Å². The summed E-state index contributed by atoms with van der Waals surface area (Å²) in [6.07, 6.45) is 2.72. The second kappa shape index (κ2) is 5.94. The van der Waals surface area contributed by atoms with Crippen molar-refractivity contribution in [2.75, 3.05) is 6.54 Å². The van der Waals surface area contributed by atoms with Crippen LogP contribution in [0, 0.1) is 23.1 Å². The van der Waals surface area contributed by atoms with Crippen LogP contribution < -0.4 is 5.32 Å².